The molecule has 0 saturated carbocycles. The normalized spacial score (nSPS) is 23.6. The van der Waals surface area contributed by atoms with Crippen LogP contribution in [0, 0.1) is 11.8 Å². The molecule has 4 unspecified atom stereocenters. The van der Waals surface area contributed by atoms with Gasteiger partial charge in [-0.15, -0.1) is 0 Å². The van der Waals surface area contributed by atoms with Gasteiger partial charge in [-0.05, 0) is 34.4 Å². The van der Waals surface area contributed by atoms with Crippen LogP contribution in [0.1, 0.15) is 62.1 Å². The summed E-state index contributed by atoms with van der Waals surface area (Å²) in [4.78, 5) is 46.1. The second kappa shape index (κ2) is 7.40. The number of aliphatic carboxylic acids is 2. The lowest BCUT2D eigenvalue weighted by molar-refractivity contribution is -0.147. The molecule has 2 N–H and O–H groups in total. The molecular weight excluding hydrogens is 336 g/mol. The summed E-state index contributed by atoms with van der Waals surface area (Å²) in [5.74, 6) is -5.74. The fourth-order valence-electron chi connectivity index (χ4n) is 3.78. The molecule has 1 aliphatic rings. The summed E-state index contributed by atoms with van der Waals surface area (Å²) in [6.45, 7) is 6.02. The molecule has 6 nitrogen and oxygen atoms in total. The molecule has 0 bridgehead atoms. The average Bonchev–Trinajstić information content (AvgIpc) is 2.56. The molecule has 0 radical (unpaired) electrons. The van der Waals surface area contributed by atoms with Crippen LogP contribution in [0.3, 0.4) is 0 Å². The van der Waals surface area contributed by atoms with Crippen molar-refractivity contribution >= 4 is 24.5 Å². The molecule has 0 saturated heterocycles. The van der Waals surface area contributed by atoms with Gasteiger partial charge in [0.1, 0.15) is 12.6 Å². The average molecular weight is 360 g/mol. The number of rotatable bonds is 6. The van der Waals surface area contributed by atoms with Gasteiger partial charge in [-0.1, -0.05) is 39.0 Å². The zero-order valence-corrected chi connectivity index (χ0v) is 15.1. The highest BCUT2D eigenvalue weighted by atomic mass is 16.4. The van der Waals surface area contributed by atoms with Crippen molar-refractivity contribution in [1.82, 2.24) is 0 Å². The van der Waals surface area contributed by atoms with Crippen molar-refractivity contribution < 1.29 is 29.4 Å². The zero-order valence-electron chi connectivity index (χ0n) is 15.1. The van der Waals surface area contributed by atoms with Crippen molar-refractivity contribution in [3.8, 4) is 0 Å². The molecule has 2 rings (SSSR count). The number of carboxylic acid groups (broad SMARTS) is 2. The van der Waals surface area contributed by atoms with Crippen LogP contribution in [0.25, 0.3) is 0 Å². The minimum atomic E-state index is -1.14. The number of hydrogen-bond acceptors (Lipinski definition) is 4. The lowest BCUT2D eigenvalue weighted by Crippen LogP contribution is -2.35. The molecular formula is C20H24O6. The van der Waals surface area contributed by atoms with Crippen LogP contribution in [0.4, 0.5) is 0 Å². The third kappa shape index (κ3) is 3.69. The molecule has 1 aromatic rings. The fourth-order valence-corrected chi connectivity index (χ4v) is 3.78. The third-order valence-corrected chi connectivity index (χ3v) is 5.27. The highest BCUT2D eigenvalue weighted by molar-refractivity contribution is 5.81. The molecule has 1 aliphatic carbocycles. The van der Waals surface area contributed by atoms with Gasteiger partial charge in [-0.3, -0.25) is 9.59 Å². The van der Waals surface area contributed by atoms with Crippen LogP contribution < -0.4 is 0 Å². The third-order valence-electron chi connectivity index (χ3n) is 5.27. The first-order valence-electron chi connectivity index (χ1n) is 8.60. The van der Waals surface area contributed by atoms with Crippen LogP contribution in [-0.4, -0.2) is 34.7 Å². The Bertz CT molecular complexity index is 730. The number of fused-ring (bicyclic) bond motifs is 1. The molecule has 0 aromatic heterocycles. The molecule has 4 atom stereocenters. The van der Waals surface area contributed by atoms with Crippen molar-refractivity contribution in [3.63, 3.8) is 0 Å². The first kappa shape index (κ1) is 19.8. The molecule has 140 valence electrons. The van der Waals surface area contributed by atoms with E-state index in [2.05, 4.69) is 0 Å². The number of hydrogen-bond donors (Lipinski definition) is 2. The van der Waals surface area contributed by atoms with E-state index in [4.69, 9.17) is 0 Å². The lowest BCUT2D eigenvalue weighted by atomic mass is 9.65. The fraction of sp³-hybridized carbons (Fsp3) is 0.500. The highest BCUT2D eigenvalue weighted by Crippen LogP contribution is 2.47. The van der Waals surface area contributed by atoms with Gasteiger partial charge in [0.2, 0.25) is 0 Å². The Morgan fingerprint density at radius 3 is 2.31 bits per heavy atom. The molecule has 0 spiro atoms. The largest absolute Gasteiger partial charge is 0.481 e. The zero-order chi connectivity index (χ0) is 19.6. The quantitative estimate of drug-likeness (QED) is 0.755. The van der Waals surface area contributed by atoms with Crippen LogP contribution in [0.2, 0.25) is 0 Å². The predicted octanol–water partition coefficient (Wildman–Crippen LogP) is 2.74. The Hall–Kier alpha value is -2.50. The lowest BCUT2D eigenvalue weighted by Gasteiger charge is -2.37. The van der Waals surface area contributed by atoms with Crippen molar-refractivity contribution in [1.29, 1.82) is 0 Å². The Morgan fingerprint density at radius 1 is 1.19 bits per heavy atom. The maximum atomic E-state index is 11.7. The van der Waals surface area contributed by atoms with Gasteiger partial charge in [-0.25, -0.2) is 0 Å². The Labute approximate surface area is 152 Å². The number of carbonyl (C=O) groups is 4. The molecule has 1 aromatic carbocycles. The SMILES string of the molecule is CC(C)(C)c1ccc2c(c1)C(C=O)C(C(=O)O)CC2C(CC=O)C(=O)O. The minimum Gasteiger partial charge on any atom is -0.481 e. The van der Waals surface area contributed by atoms with Crippen molar-refractivity contribution in [2.45, 2.75) is 50.9 Å². The minimum absolute atomic E-state index is 0.0193. The van der Waals surface area contributed by atoms with E-state index in [1.807, 2.05) is 32.9 Å². The second-order valence-corrected chi connectivity index (χ2v) is 7.89. The smallest absolute Gasteiger partial charge is 0.307 e. The van der Waals surface area contributed by atoms with Gasteiger partial charge in [-0.2, -0.15) is 0 Å². The summed E-state index contributed by atoms with van der Waals surface area (Å²) in [5.41, 5.74) is 1.95. The van der Waals surface area contributed by atoms with Crippen molar-refractivity contribution in [3.05, 3.63) is 34.9 Å². The van der Waals surface area contributed by atoms with Gasteiger partial charge < -0.3 is 19.8 Å². The summed E-state index contributed by atoms with van der Waals surface area (Å²) in [6.07, 6.45) is 1.00. The van der Waals surface area contributed by atoms with E-state index in [9.17, 15) is 29.4 Å². The van der Waals surface area contributed by atoms with Crippen molar-refractivity contribution in [2.75, 3.05) is 0 Å². The first-order chi connectivity index (χ1) is 12.1. The van der Waals surface area contributed by atoms with Crippen molar-refractivity contribution in [2.24, 2.45) is 11.8 Å². The summed E-state index contributed by atoms with van der Waals surface area (Å²) in [6, 6.07) is 5.49. The van der Waals surface area contributed by atoms with E-state index >= 15 is 0 Å². The Kier molecular flexibility index (Phi) is 5.64. The number of carboxylic acids is 2. The molecule has 0 amide bonds. The number of aldehydes is 2. The van der Waals surface area contributed by atoms with E-state index in [-0.39, 0.29) is 18.3 Å². The summed E-state index contributed by atoms with van der Waals surface area (Å²) >= 11 is 0. The van der Waals surface area contributed by atoms with Gasteiger partial charge in [0, 0.05) is 6.42 Å². The van der Waals surface area contributed by atoms with Crippen LogP contribution in [0.15, 0.2) is 18.2 Å². The van der Waals surface area contributed by atoms with Gasteiger partial charge in [0.05, 0.1) is 17.8 Å². The second-order valence-electron chi connectivity index (χ2n) is 7.89. The van der Waals surface area contributed by atoms with E-state index < -0.39 is 35.6 Å². The molecule has 0 aliphatic heterocycles. The predicted molar refractivity (Wildman–Crippen MR) is 94.2 cm³/mol. The number of benzene rings is 1. The molecule has 26 heavy (non-hydrogen) atoms. The molecule has 6 heteroatoms. The highest BCUT2D eigenvalue weighted by Gasteiger charge is 2.43. The summed E-state index contributed by atoms with van der Waals surface area (Å²) in [5, 5.41) is 19.1. The topological polar surface area (TPSA) is 109 Å². The molecule has 0 fully saturated rings. The van der Waals surface area contributed by atoms with E-state index in [1.165, 1.54) is 0 Å². The number of carbonyl (C=O) groups excluding carboxylic acids is 2. The maximum Gasteiger partial charge on any atom is 0.307 e. The Morgan fingerprint density at radius 2 is 1.85 bits per heavy atom. The van der Waals surface area contributed by atoms with E-state index in [1.54, 1.807) is 6.07 Å². The monoisotopic (exact) mass is 360 g/mol. The Balaban J connectivity index is 2.67. The summed E-state index contributed by atoms with van der Waals surface area (Å²) in [7, 11) is 0. The van der Waals surface area contributed by atoms with E-state index in [0.29, 0.717) is 23.7 Å². The summed E-state index contributed by atoms with van der Waals surface area (Å²) < 4.78 is 0. The standard InChI is InChI=1S/C20H24O6/c1-20(2,3)11-4-5-12-14(8-11)17(10-22)16(19(25)26)9-15(12)13(6-7-21)18(23)24/h4-5,7-8,10,13,15-17H,6,9H2,1-3H3,(H,23,24)(H,25,26). The molecule has 0 heterocycles. The van der Waals surface area contributed by atoms with Gasteiger partial charge in [0.15, 0.2) is 0 Å². The maximum absolute atomic E-state index is 11.7. The van der Waals surface area contributed by atoms with E-state index in [0.717, 1.165) is 5.56 Å². The van der Waals surface area contributed by atoms with Crippen LogP contribution in [-0.2, 0) is 24.6 Å². The van der Waals surface area contributed by atoms with Crippen LogP contribution in [0.5, 0.6) is 0 Å². The first-order valence-corrected chi connectivity index (χ1v) is 8.60. The van der Waals surface area contributed by atoms with Gasteiger partial charge in [0.25, 0.3) is 0 Å². The van der Waals surface area contributed by atoms with Crippen LogP contribution >= 0.6 is 0 Å². The van der Waals surface area contributed by atoms with Gasteiger partial charge >= 0.3 is 11.9 Å².